The largest absolute Gasteiger partial charge is 0.442 e. The van der Waals surface area contributed by atoms with Crippen molar-refractivity contribution in [2.24, 2.45) is 11.5 Å². The summed E-state index contributed by atoms with van der Waals surface area (Å²) in [6.45, 7) is 11.3. The van der Waals surface area contributed by atoms with Crippen LogP contribution in [-0.4, -0.2) is 153 Å². The van der Waals surface area contributed by atoms with E-state index in [-0.39, 0.29) is 73.5 Å². The number of carbonyl (C=O) groups is 8. The van der Waals surface area contributed by atoms with Crippen LogP contribution < -0.4 is 47.0 Å². The number of anilines is 4. The van der Waals surface area contributed by atoms with E-state index in [1.165, 1.54) is 65.3 Å². The van der Waals surface area contributed by atoms with Crippen LogP contribution >= 0.6 is 24.4 Å². The van der Waals surface area contributed by atoms with Gasteiger partial charge in [-0.3, -0.25) is 33.8 Å². The lowest BCUT2D eigenvalue weighted by Crippen LogP contribution is -2.49. The van der Waals surface area contributed by atoms with Crippen LogP contribution in [0, 0.1) is 11.6 Å². The molecule has 7 N–H and O–H groups in total. The maximum Gasteiger partial charge on any atom is 0.414 e. The standard InChI is InChI=1S/C27H30FN5O5S.C16H21FN4O2S.C12H13NO3/c1-17(39)30-15-21-16-33(27(37)38-21)20-6-7-23(22(28)14-20)31-10-12-32(13-11-31)25(35)9-8-24(34)18-2-4-19(5-3-18)26(29)36;1-11(24)19-9-13-10-21(16(22)23-13)12-2-3-15(14(17)8-12)20-6-4-18-5-7-20;1-8(14)2-7-11(15)9-3-5-10(6-4-9)12(13)16/h2-7,14,21H,8-13,15-16H2,1H3,(H2,29,36)(H,30,39);2-3,8,13,18H,4-7,9-10H2,1H3,(H,19,24);3-6H,2,7H2,1H3,(H2,13,16)/t21-;13-;/m00./s1. The molecule has 4 saturated heterocycles. The van der Waals surface area contributed by atoms with Gasteiger partial charge in [-0.15, -0.1) is 0 Å². The number of halogens is 2. The average molecular weight is 1130 g/mol. The zero-order valence-corrected chi connectivity index (χ0v) is 45.7. The first-order valence-corrected chi connectivity index (χ1v) is 26.4. The third kappa shape index (κ3) is 17.5. The van der Waals surface area contributed by atoms with Gasteiger partial charge in [0.05, 0.1) is 58.9 Å². The number of nitrogens with zero attached hydrogens (tertiary/aromatic N) is 5. The second kappa shape index (κ2) is 28.6. The average Bonchev–Trinajstić information content (AvgIpc) is 4.04. The summed E-state index contributed by atoms with van der Waals surface area (Å²) in [5, 5.41) is 9.20. The van der Waals surface area contributed by atoms with Crippen LogP contribution in [0.1, 0.15) is 87.9 Å². The van der Waals surface area contributed by atoms with E-state index >= 15 is 4.39 Å². The van der Waals surface area contributed by atoms with Crippen molar-refractivity contribution < 1.29 is 56.6 Å². The lowest BCUT2D eigenvalue weighted by atomic mass is 10.0. The van der Waals surface area contributed by atoms with Crippen molar-refractivity contribution in [3.63, 3.8) is 0 Å². The first-order valence-electron chi connectivity index (χ1n) is 25.6. The second-order valence-electron chi connectivity index (χ2n) is 18.9. The second-order valence-corrected chi connectivity index (χ2v) is 20.1. The molecule has 0 radical (unpaired) electrons. The predicted octanol–water partition coefficient (Wildman–Crippen LogP) is 5.33. The highest BCUT2D eigenvalue weighted by atomic mass is 32.1. The summed E-state index contributed by atoms with van der Waals surface area (Å²) in [5.74, 6) is -2.35. The van der Waals surface area contributed by atoms with Gasteiger partial charge in [0, 0.05) is 100 Å². The Balaban J connectivity index is 0.000000213. The minimum Gasteiger partial charge on any atom is -0.442 e. The molecule has 24 heteroatoms. The number of carbonyl (C=O) groups excluding carboxylic acids is 8. The van der Waals surface area contributed by atoms with E-state index in [4.69, 9.17) is 45.4 Å². The Kier molecular flexibility index (Phi) is 21.8. The number of primary amides is 2. The highest BCUT2D eigenvalue weighted by molar-refractivity contribution is 7.80. The van der Waals surface area contributed by atoms with E-state index in [0.29, 0.717) is 101 Å². The van der Waals surface area contributed by atoms with Gasteiger partial charge < -0.3 is 56.4 Å². The molecule has 20 nitrogen and oxygen atoms in total. The van der Waals surface area contributed by atoms with E-state index in [9.17, 15) is 42.7 Å². The fourth-order valence-corrected chi connectivity index (χ4v) is 8.90. The number of piperazine rings is 2. The monoisotopic (exact) mass is 1130 g/mol. The normalized spacial score (nSPS) is 16.8. The molecule has 79 heavy (non-hydrogen) atoms. The molecule has 4 aromatic rings. The summed E-state index contributed by atoms with van der Waals surface area (Å²) >= 11 is 9.93. The minimum atomic E-state index is -0.574. The van der Waals surface area contributed by atoms with Crippen molar-refractivity contribution in [2.75, 3.05) is 98.1 Å². The molecule has 4 aliphatic heterocycles. The molecular weight excluding hydrogens is 1060 g/mol. The fraction of sp³-hybridized carbons (Fsp3) is 0.382. The van der Waals surface area contributed by atoms with Gasteiger partial charge in [-0.2, -0.15) is 0 Å². The van der Waals surface area contributed by atoms with Crippen LogP contribution in [0.25, 0.3) is 0 Å². The van der Waals surface area contributed by atoms with E-state index < -0.39 is 29.8 Å². The van der Waals surface area contributed by atoms with E-state index in [1.54, 1.807) is 55.1 Å². The first-order chi connectivity index (χ1) is 37.7. The number of thiocarbonyl (C=S) groups is 2. The number of rotatable bonds is 18. The molecule has 0 spiro atoms. The Hall–Kier alpha value is -7.96. The molecule has 5 amide bonds. The van der Waals surface area contributed by atoms with Crippen molar-refractivity contribution in [3.8, 4) is 0 Å². The molecule has 0 aliphatic carbocycles. The van der Waals surface area contributed by atoms with Crippen molar-refractivity contribution >= 4 is 104 Å². The quantitative estimate of drug-likeness (QED) is 0.0623. The molecule has 4 aliphatic rings. The Morgan fingerprint density at radius 3 is 1.34 bits per heavy atom. The molecule has 8 rings (SSSR count). The van der Waals surface area contributed by atoms with Crippen LogP contribution in [0.15, 0.2) is 84.9 Å². The molecule has 2 atom stereocenters. The lowest BCUT2D eigenvalue weighted by Gasteiger charge is -2.36. The number of Topliss-reactive ketones (excluding diaryl/α,β-unsaturated/α-hetero) is 3. The number of benzene rings is 4. The third-order valence-corrected chi connectivity index (χ3v) is 13.4. The Morgan fingerprint density at radius 2 is 0.962 bits per heavy atom. The number of amides is 5. The fourth-order valence-electron chi connectivity index (χ4n) is 8.73. The first kappa shape index (κ1) is 60.3. The Morgan fingerprint density at radius 1 is 0.570 bits per heavy atom. The molecule has 0 bridgehead atoms. The molecule has 0 aromatic heterocycles. The smallest absolute Gasteiger partial charge is 0.414 e. The number of cyclic esters (lactones) is 2. The lowest BCUT2D eigenvalue weighted by molar-refractivity contribution is -0.131. The van der Waals surface area contributed by atoms with Gasteiger partial charge in [0.2, 0.25) is 17.7 Å². The maximum absolute atomic E-state index is 15.1. The van der Waals surface area contributed by atoms with Crippen LogP contribution in [0.5, 0.6) is 0 Å². The van der Waals surface area contributed by atoms with Gasteiger partial charge >= 0.3 is 12.2 Å². The van der Waals surface area contributed by atoms with E-state index in [2.05, 4.69) is 16.0 Å². The summed E-state index contributed by atoms with van der Waals surface area (Å²) in [6.07, 6.45) is -1.13. The molecule has 0 saturated carbocycles. The zero-order valence-electron chi connectivity index (χ0n) is 44.1. The molecule has 420 valence electrons. The highest BCUT2D eigenvalue weighted by Crippen LogP contribution is 2.30. The van der Waals surface area contributed by atoms with Crippen molar-refractivity contribution in [1.29, 1.82) is 0 Å². The SMILES string of the molecule is CC(=O)CCC(=O)c1ccc(C(N)=O)cc1.CC(=S)NC[C@H]1CN(c2ccc(N3CCN(C(=O)CCC(=O)c4ccc(C(N)=O)cc4)CC3)c(F)c2)C(=O)O1.CC(=S)NC[C@H]1CN(c2ccc(N3CCNCC3)c(F)c2)C(=O)O1. The Labute approximate surface area is 467 Å². The molecule has 4 aromatic carbocycles. The van der Waals surface area contributed by atoms with Crippen LogP contribution in [0.4, 0.5) is 41.1 Å². The van der Waals surface area contributed by atoms with Crippen molar-refractivity contribution in [1.82, 2.24) is 20.9 Å². The summed E-state index contributed by atoms with van der Waals surface area (Å²) < 4.78 is 40.2. The van der Waals surface area contributed by atoms with Gasteiger partial charge in [0.25, 0.3) is 0 Å². The van der Waals surface area contributed by atoms with Crippen molar-refractivity contribution in [2.45, 2.75) is 58.7 Å². The van der Waals surface area contributed by atoms with Gasteiger partial charge in [-0.05, 0) is 81.4 Å². The number of hydrogen-bond donors (Lipinski definition) is 5. The highest BCUT2D eigenvalue weighted by Gasteiger charge is 2.34. The van der Waals surface area contributed by atoms with Crippen LogP contribution in [0.2, 0.25) is 0 Å². The maximum atomic E-state index is 15.1. The molecule has 4 fully saturated rings. The minimum absolute atomic E-state index is 0.0119. The van der Waals surface area contributed by atoms with Crippen LogP contribution in [0.3, 0.4) is 0 Å². The summed E-state index contributed by atoms with van der Waals surface area (Å²) in [6, 6.07) is 21.6. The predicted molar refractivity (Wildman–Crippen MR) is 302 cm³/mol. The molecule has 4 heterocycles. The summed E-state index contributed by atoms with van der Waals surface area (Å²) in [5.41, 5.74) is 13.7. The van der Waals surface area contributed by atoms with Gasteiger partial charge in [0.15, 0.2) is 11.6 Å². The van der Waals surface area contributed by atoms with Gasteiger partial charge in [-0.25, -0.2) is 18.4 Å². The van der Waals surface area contributed by atoms with Gasteiger partial charge in [-0.1, -0.05) is 48.7 Å². The number of nitrogens with two attached hydrogens (primary N) is 2. The molecular formula is C55H64F2N10O10S2. The van der Waals surface area contributed by atoms with Crippen molar-refractivity contribution in [3.05, 3.63) is 119 Å². The number of ether oxygens (including phenoxy) is 2. The topological polar surface area (TPSA) is 259 Å². The van der Waals surface area contributed by atoms with Crippen LogP contribution in [-0.2, 0) is 19.1 Å². The summed E-state index contributed by atoms with van der Waals surface area (Å²) in [7, 11) is 0. The number of nitrogens with one attached hydrogen (secondary N) is 3. The van der Waals surface area contributed by atoms with Gasteiger partial charge in [0.1, 0.15) is 29.6 Å². The summed E-state index contributed by atoms with van der Waals surface area (Å²) in [4.78, 5) is 103. The molecule has 0 unspecified atom stereocenters. The Bertz CT molecular complexity index is 2920. The third-order valence-electron chi connectivity index (χ3n) is 13.1. The number of ketones is 3. The zero-order chi connectivity index (χ0) is 57.3. The number of hydrogen-bond acceptors (Lipinski definition) is 15. The van der Waals surface area contributed by atoms with E-state index in [1.807, 2.05) is 9.80 Å². The van der Waals surface area contributed by atoms with E-state index in [0.717, 1.165) is 26.2 Å².